The van der Waals surface area contributed by atoms with Gasteiger partial charge < -0.3 is 29.6 Å². The number of morpholine rings is 1. The molecule has 1 aromatic rings. The van der Waals surface area contributed by atoms with Crippen LogP contribution in [0.2, 0.25) is 0 Å². The predicted octanol–water partition coefficient (Wildman–Crippen LogP) is -0.753. The van der Waals surface area contributed by atoms with Crippen LogP contribution in [0.1, 0.15) is 24.2 Å². The Balaban J connectivity index is 1.53. The van der Waals surface area contributed by atoms with Gasteiger partial charge in [-0.15, -0.1) is 0 Å². The number of hydrogen-bond acceptors (Lipinski definition) is 6. The number of aromatic amines is 1. The largest absolute Gasteiger partial charge is 0.375 e. The van der Waals surface area contributed by atoms with E-state index in [1.807, 2.05) is 9.80 Å². The van der Waals surface area contributed by atoms with Crippen molar-refractivity contribution in [3.63, 3.8) is 0 Å². The summed E-state index contributed by atoms with van der Waals surface area (Å²) in [5, 5.41) is 3.20. The second kappa shape index (κ2) is 7.57. The third-order valence-corrected chi connectivity index (χ3v) is 5.94. The highest BCUT2D eigenvalue weighted by Crippen LogP contribution is 2.42. The fourth-order valence-electron chi connectivity index (χ4n) is 4.57. The van der Waals surface area contributed by atoms with Crippen molar-refractivity contribution < 1.29 is 19.1 Å². The maximum Gasteiger partial charge on any atom is 0.253 e. The van der Waals surface area contributed by atoms with Crippen molar-refractivity contribution in [3.05, 3.63) is 17.7 Å². The first-order valence-corrected chi connectivity index (χ1v) is 9.59. The first kappa shape index (κ1) is 18.4. The van der Waals surface area contributed by atoms with Gasteiger partial charge in [-0.3, -0.25) is 9.59 Å². The standard InChI is InChI=1S/C18H27N5O4/c1-26-11-15(24)23-6-2-13-16(21-12-20-13)18(23)3-7-22(8-4-18)17(25)14-10-19-5-9-27-14/h12,14,19H,2-11H2,1H3,(H,20,21)/t14-/m0/s1. The Hall–Kier alpha value is -1.97. The fourth-order valence-corrected chi connectivity index (χ4v) is 4.57. The molecular weight excluding hydrogens is 350 g/mol. The van der Waals surface area contributed by atoms with E-state index in [0.29, 0.717) is 45.6 Å². The Kier molecular flexibility index (Phi) is 5.16. The summed E-state index contributed by atoms with van der Waals surface area (Å²) in [6.07, 6.45) is 3.40. The second-order valence-corrected chi connectivity index (χ2v) is 7.38. The Morgan fingerprint density at radius 2 is 2.19 bits per heavy atom. The van der Waals surface area contributed by atoms with Crippen LogP contribution in [0.25, 0.3) is 0 Å². The molecule has 9 nitrogen and oxygen atoms in total. The van der Waals surface area contributed by atoms with E-state index < -0.39 is 11.6 Å². The molecule has 2 N–H and O–H groups in total. The Morgan fingerprint density at radius 1 is 1.37 bits per heavy atom. The second-order valence-electron chi connectivity index (χ2n) is 7.38. The molecule has 0 aliphatic carbocycles. The van der Waals surface area contributed by atoms with Crippen molar-refractivity contribution in [3.8, 4) is 0 Å². The number of fused-ring (bicyclic) bond motifs is 2. The quantitative estimate of drug-likeness (QED) is 0.719. The van der Waals surface area contributed by atoms with Crippen LogP contribution in [-0.2, 0) is 31.0 Å². The molecular formula is C18H27N5O4. The molecule has 4 heterocycles. The maximum absolute atomic E-state index is 12.8. The number of nitrogens with one attached hydrogen (secondary N) is 2. The molecule has 1 atom stereocenters. The van der Waals surface area contributed by atoms with E-state index in [4.69, 9.17) is 9.47 Å². The molecule has 2 amide bonds. The number of carbonyl (C=O) groups is 2. The van der Waals surface area contributed by atoms with Gasteiger partial charge in [0.05, 0.1) is 24.2 Å². The van der Waals surface area contributed by atoms with Crippen molar-refractivity contribution in [1.82, 2.24) is 25.1 Å². The highest BCUT2D eigenvalue weighted by atomic mass is 16.5. The summed E-state index contributed by atoms with van der Waals surface area (Å²) in [6, 6.07) is 0. The van der Waals surface area contributed by atoms with Crippen molar-refractivity contribution >= 4 is 11.8 Å². The van der Waals surface area contributed by atoms with Gasteiger partial charge in [-0.05, 0) is 12.8 Å². The number of amides is 2. The number of rotatable bonds is 3. The van der Waals surface area contributed by atoms with Gasteiger partial charge in [-0.2, -0.15) is 0 Å². The lowest BCUT2D eigenvalue weighted by atomic mass is 9.78. The van der Waals surface area contributed by atoms with E-state index >= 15 is 0 Å². The monoisotopic (exact) mass is 377 g/mol. The van der Waals surface area contributed by atoms with Crippen LogP contribution in [0.5, 0.6) is 0 Å². The van der Waals surface area contributed by atoms with Gasteiger partial charge in [0, 0.05) is 51.9 Å². The highest BCUT2D eigenvalue weighted by Gasteiger charge is 2.49. The van der Waals surface area contributed by atoms with E-state index in [-0.39, 0.29) is 18.4 Å². The summed E-state index contributed by atoms with van der Waals surface area (Å²) in [6.45, 7) is 3.77. The lowest BCUT2D eigenvalue weighted by molar-refractivity contribution is -0.152. The van der Waals surface area contributed by atoms with Crippen molar-refractivity contribution in [2.24, 2.45) is 0 Å². The molecule has 2 fully saturated rings. The number of imidazole rings is 1. The van der Waals surface area contributed by atoms with Crippen LogP contribution in [0.4, 0.5) is 0 Å². The minimum atomic E-state index is -0.467. The average Bonchev–Trinajstić information content (AvgIpc) is 3.19. The summed E-state index contributed by atoms with van der Waals surface area (Å²) >= 11 is 0. The zero-order valence-corrected chi connectivity index (χ0v) is 15.7. The molecule has 0 saturated carbocycles. The molecule has 148 valence electrons. The molecule has 1 spiro atoms. The zero-order chi connectivity index (χ0) is 18.9. The Morgan fingerprint density at radius 3 is 2.89 bits per heavy atom. The van der Waals surface area contributed by atoms with Gasteiger partial charge in [0.1, 0.15) is 12.7 Å². The molecule has 2 saturated heterocycles. The predicted molar refractivity (Wildman–Crippen MR) is 96.0 cm³/mol. The van der Waals surface area contributed by atoms with E-state index in [1.165, 1.54) is 7.11 Å². The number of piperidine rings is 1. The van der Waals surface area contributed by atoms with Gasteiger partial charge in [0.2, 0.25) is 5.91 Å². The normalized spacial score (nSPS) is 24.7. The molecule has 4 rings (SSSR count). The van der Waals surface area contributed by atoms with Gasteiger partial charge in [0.25, 0.3) is 5.91 Å². The minimum Gasteiger partial charge on any atom is -0.375 e. The SMILES string of the molecule is COCC(=O)N1CCc2[nH]cnc2C12CCN(C(=O)[C@@H]1CNCCO1)CC2. The van der Waals surface area contributed by atoms with Crippen molar-refractivity contribution in [2.75, 3.05) is 53.0 Å². The molecule has 1 aromatic heterocycles. The van der Waals surface area contributed by atoms with Crippen LogP contribution in [0.3, 0.4) is 0 Å². The third kappa shape index (κ3) is 3.24. The van der Waals surface area contributed by atoms with Gasteiger partial charge in [-0.25, -0.2) is 4.98 Å². The van der Waals surface area contributed by atoms with Gasteiger partial charge in [0.15, 0.2) is 0 Å². The van der Waals surface area contributed by atoms with E-state index in [0.717, 1.165) is 24.4 Å². The van der Waals surface area contributed by atoms with Gasteiger partial charge >= 0.3 is 0 Å². The highest BCUT2D eigenvalue weighted by molar-refractivity contribution is 5.82. The van der Waals surface area contributed by atoms with Crippen LogP contribution in [0, 0.1) is 0 Å². The van der Waals surface area contributed by atoms with Crippen LogP contribution >= 0.6 is 0 Å². The lowest BCUT2D eigenvalue weighted by Crippen LogP contribution is -2.60. The first-order chi connectivity index (χ1) is 13.2. The molecule has 0 aromatic carbocycles. The molecule has 9 heteroatoms. The molecule has 0 radical (unpaired) electrons. The van der Waals surface area contributed by atoms with Crippen LogP contribution in [-0.4, -0.2) is 90.7 Å². The number of methoxy groups -OCH3 is 1. The topological polar surface area (TPSA) is 99.8 Å². The number of H-pyrrole nitrogens is 1. The number of nitrogens with zero attached hydrogens (tertiary/aromatic N) is 3. The van der Waals surface area contributed by atoms with E-state index in [1.54, 1.807) is 6.33 Å². The molecule has 0 unspecified atom stereocenters. The Bertz CT molecular complexity index is 692. The summed E-state index contributed by atoms with van der Waals surface area (Å²) in [5.41, 5.74) is 1.57. The number of likely N-dealkylation sites (tertiary alicyclic amines) is 1. The summed E-state index contributed by atoms with van der Waals surface area (Å²) < 4.78 is 10.7. The Labute approximate surface area is 158 Å². The van der Waals surface area contributed by atoms with Crippen LogP contribution in [0.15, 0.2) is 6.33 Å². The number of aromatic nitrogens is 2. The lowest BCUT2D eigenvalue weighted by Gasteiger charge is -2.50. The minimum absolute atomic E-state index is 0.0225. The molecule has 3 aliphatic rings. The average molecular weight is 377 g/mol. The summed E-state index contributed by atoms with van der Waals surface area (Å²) in [4.78, 5) is 37.1. The smallest absolute Gasteiger partial charge is 0.253 e. The van der Waals surface area contributed by atoms with Crippen molar-refractivity contribution in [2.45, 2.75) is 30.9 Å². The summed E-state index contributed by atoms with van der Waals surface area (Å²) in [5.74, 6) is 0.00983. The number of ether oxygens (including phenoxy) is 2. The zero-order valence-electron chi connectivity index (χ0n) is 15.7. The fraction of sp³-hybridized carbons (Fsp3) is 0.722. The van der Waals surface area contributed by atoms with Crippen molar-refractivity contribution in [1.29, 1.82) is 0 Å². The third-order valence-electron chi connectivity index (χ3n) is 5.94. The van der Waals surface area contributed by atoms with Gasteiger partial charge in [-0.1, -0.05) is 0 Å². The number of hydrogen-bond donors (Lipinski definition) is 2. The first-order valence-electron chi connectivity index (χ1n) is 9.59. The number of carbonyl (C=O) groups excluding carboxylic acids is 2. The molecule has 0 bridgehead atoms. The van der Waals surface area contributed by atoms with Crippen LogP contribution < -0.4 is 5.32 Å². The molecule has 27 heavy (non-hydrogen) atoms. The molecule has 3 aliphatic heterocycles. The van der Waals surface area contributed by atoms with E-state index in [9.17, 15) is 9.59 Å². The maximum atomic E-state index is 12.8. The van der Waals surface area contributed by atoms with E-state index in [2.05, 4.69) is 15.3 Å². The summed E-state index contributed by atoms with van der Waals surface area (Å²) in [7, 11) is 1.54.